The maximum Gasteiger partial charge on any atom is 0.320 e. The number of nitrogens with one attached hydrogen (secondary N) is 1. The van der Waals surface area contributed by atoms with E-state index < -0.39 is 12.0 Å². The number of nitrogens with two attached hydrogens (primary N) is 2. The van der Waals surface area contributed by atoms with Crippen LogP contribution in [-0.4, -0.2) is 29.6 Å². The van der Waals surface area contributed by atoms with Gasteiger partial charge in [-0.2, -0.15) is 0 Å². The summed E-state index contributed by atoms with van der Waals surface area (Å²) in [5.74, 6) is -0.712. The minimum absolute atomic E-state index is 0.297. The number of hydrogen-bond acceptors (Lipinski definition) is 4. The van der Waals surface area contributed by atoms with Gasteiger partial charge in [0.25, 0.3) is 0 Å². The first-order valence-electron chi connectivity index (χ1n) is 5.28. The first-order valence-corrected chi connectivity index (χ1v) is 6.09. The SMILES string of the molecule is C=CCN=C(N)Nc1ccc(CC(N)C(=O)O)s1. The molecular formula is C11H16N4O2S. The molecule has 0 saturated heterocycles. The number of nitrogens with zero attached hydrogens (tertiary/aromatic N) is 1. The van der Waals surface area contributed by atoms with E-state index in [4.69, 9.17) is 16.6 Å². The normalized spacial score (nSPS) is 13.1. The molecular weight excluding hydrogens is 252 g/mol. The van der Waals surface area contributed by atoms with E-state index in [0.29, 0.717) is 18.9 Å². The summed E-state index contributed by atoms with van der Waals surface area (Å²) in [6.07, 6.45) is 1.94. The second-order valence-electron chi connectivity index (χ2n) is 3.55. The third kappa shape index (κ3) is 4.56. The van der Waals surface area contributed by atoms with Gasteiger partial charge in [-0.05, 0) is 12.1 Å². The number of carboxylic acids is 1. The van der Waals surface area contributed by atoms with Crippen LogP contribution in [0.2, 0.25) is 0 Å². The molecule has 0 radical (unpaired) electrons. The molecule has 0 amide bonds. The number of anilines is 1. The van der Waals surface area contributed by atoms with E-state index >= 15 is 0 Å². The van der Waals surface area contributed by atoms with Crippen molar-refractivity contribution in [2.24, 2.45) is 16.5 Å². The average Bonchev–Trinajstić information content (AvgIpc) is 2.73. The fourth-order valence-corrected chi connectivity index (χ4v) is 2.16. The molecule has 1 aromatic heterocycles. The first-order chi connectivity index (χ1) is 8.52. The molecule has 1 atom stereocenters. The zero-order valence-electron chi connectivity index (χ0n) is 9.80. The minimum Gasteiger partial charge on any atom is -0.480 e. The number of aliphatic carboxylic acids is 1. The molecule has 0 fully saturated rings. The van der Waals surface area contributed by atoms with Gasteiger partial charge in [0.15, 0.2) is 5.96 Å². The van der Waals surface area contributed by atoms with Crippen LogP contribution in [0.25, 0.3) is 0 Å². The zero-order chi connectivity index (χ0) is 13.5. The van der Waals surface area contributed by atoms with Gasteiger partial charge in [-0.3, -0.25) is 4.79 Å². The summed E-state index contributed by atoms with van der Waals surface area (Å²) >= 11 is 1.40. The Kier molecular flexibility index (Phi) is 5.34. The van der Waals surface area contributed by atoms with Crippen LogP contribution in [0.5, 0.6) is 0 Å². The van der Waals surface area contributed by atoms with Crippen LogP contribution < -0.4 is 16.8 Å². The molecule has 18 heavy (non-hydrogen) atoms. The molecule has 7 heteroatoms. The number of thiophene rings is 1. The molecule has 98 valence electrons. The summed E-state index contributed by atoms with van der Waals surface area (Å²) in [5, 5.41) is 12.4. The van der Waals surface area contributed by atoms with Crippen molar-refractivity contribution >= 4 is 28.3 Å². The molecule has 6 nitrogen and oxygen atoms in total. The number of carbonyl (C=O) groups is 1. The Morgan fingerprint density at radius 2 is 2.39 bits per heavy atom. The van der Waals surface area contributed by atoms with Crippen molar-refractivity contribution in [3.8, 4) is 0 Å². The minimum atomic E-state index is -1.01. The Balaban J connectivity index is 2.58. The van der Waals surface area contributed by atoms with E-state index in [1.807, 2.05) is 12.1 Å². The van der Waals surface area contributed by atoms with E-state index in [0.717, 1.165) is 9.88 Å². The summed E-state index contributed by atoms with van der Waals surface area (Å²) in [4.78, 5) is 15.5. The lowest BCUT2D eigenvalue weighted by atomic mass is 10.2. The fourth-order valence-electron chi connectivity index (χ4n) is 1.19. The largest absolute Gasteiger partial charge is 0.480 e. The Morgan fingerprint density at radius 1 is 1.67 bits per heavy atom. The molecule has 1 heterocycles. The van der Waals surface area contributed by atoms with Crippen LogP contribution in [-0.2, 0) is 11.2 Å². The Hall–Kier alpha value is -1.86. The number of aliphatic imine (C=N–C) groups is 1. The van der Waals surface area contributed by atoms with Gasteiger partial charge in [0.2, 0.25) is 0 Å². The zero-order valence-corrected chi connectivity index (χ0v) is 10.6. The molecule has 6 N–H and O–H groups in total. The van der Waals surface area contributed by atoms with Gasteiger partial charge in [-0.25, -0.2) is 4.99 Å². The van der Waals surface area contributed by atoms with Crippen molar-refractivity contribution < 1.29 is 9.90 Å². The number of carboxylic acid groups (broad SMARTS) is 1. The lowest BCUT2D eigenvalue weighted by Gasteiger charge is -2.03. The third-order valence-electron chi connectivity index (χ3n) is 2.04. The second kappa shape index (κ2) is 6.77. The van der Waals surface area contributed by atoms with Crippen molar-refractivity contribution in [1.82, 2.24) is 0 Å². The lowest BCUT2D eigenvalue weighted by Crippen LogP contribution is -2.31. The predicted octanol–water partition coefficient (Wildman–Crippen LogP) is 0.615. The Bertz CT molecular complexity index is 456. The maximum atomic E-state index is 10.6. The molecule has 0 aromatic carbocycles. The highest BCUT2D eigenvalue weighted by Gasteiger charge is 2.13. The molecule has 0 spiro atoms. The van der Waals surface area contributed by atoms with Crippen molar-refractivity contribution in [2.45, 2.75) is 12.5 Å². The summed E-state index contributed by atoms with van der Waals surface area (Å²) in [5.41, 5.74) is 11.1. The van der Waals surface area contributed by atoms with Gasteiger partial charge in [0.05, 0.1) is 11.5 Å². The smallest absolute Gasteiger partial charge is 0.320 e. The molecule has 0 bridgehead atoms. The van der Waals surface area contributed by atoms with Crippen LogP contribution >= 0.6 is 11.3 Å². The van der Waals surface area contributed by atoms with Gasteiger partial charge in [0.1, 0.15) is 6.04 Å². The Morgan fingerprint density at radius 3 is 3.00 bits per heavy atom. The van der Waals surface area contributed by atoms with Crippen molar-refractivity contribution in [3.63, 3.8) is 0 Å². The van der Waals surface area contributed by atoms with Gasteiger partial charge in [0, 0.05) is 11.3 Å². The van der Waals surface area contributed by atoms with Crippen molar-refractivity contribution in [1.29, 1.82) is 0 Å². The van der Waals surface area contributed by atoms with E-state index in [-0.39, 0.29) is 0 Å². The summed E-state index contributed by atoms with van der Waals surface area (Å²) < 4.78 is 0. The van der Waals surface area contributed by atoms with Crippen LogP contribution in [0.15, 0.2) is 29.8 Å². The van der Waals surface area contributed by atoms with E-state index in [9.17, 15) is 4.79 Å². The highest BCUT2D eigenvalue weighted by molar-refractivity contribution is 7.16. The molecule has 0 aliphatic rings. The van der Waals surface area contributed by atoms with Crippen molar-refractivity contribution in [3.05, 3.63) is 29.7 Å². The summed E-state index contributed by atoms with van der Waals surface area (Å²) in [6.45, 7) is 3.98. The number of rotatable bonds is 6. The molecule has 1 aromatic rings. The summed E-state index contributed by atoms with van der Waals surface area (Å²) in [6, 6.07) is 2.74. The van der Waals surface area contributed by atoms with Crippen LogP contribution in [0.3, 0.4) is 0 Å². The topological polar surface area (TPSA) is 114 Å². The quantitative estimate of drug-likeness (QED) is 0.343. The average molecular weight is 268 g/mol. The van der Waals surface area contributed by atoms with Crippen LogP contribution in [0.4, 0.5) is 5.00 Å². The third-order valence-corrected chi connectivity index (χ3v) is 3.06. The predicted molar refractivity (Wildman–Crippen MR) is 73.9 cm³/mol. The van der Waals surface area contributed by atoms with E-state index in [1.165, 1.54) is 11.3 Å². The van der Waals surface area contributed by atoms with Gasteiger partial charge >= 0.3 is 5.97 Å². The second-order valence-corrected chi connectivity index (χ2v) is 4.72. The van der Waals surface area contributed by atoms with Gasteiger partial charge in [-0.15, -0.1) is 17.9 Å². The fraction of sp³-hybridized carbons (Fsp3) is 0.273. The Labute approximate surface area is 109 Å². The summed E-state index contributed by atoms with van der Waals surface area (Å²) in [7, 11) is 0. The molecule has 1 unspecified atom stereocenters. The highest BCUT2D eigenvalue weighted by atomic mass is 32.1. The van der Waals surface area contributed by atoms with Crippen molar-refractivity contribution in [2.75, 3.05) is 11.9 Å². The van der Waals surface area contributed by atoms with E-state index in [1.54, 1.807) is 6.08 Å². The van der Waals surface area contributed by atoms with Crippen LogP contribution in [0.1, 0.15) is 4.88 Å². The van der Waals surface area contributed by atoms with Crippen LogP contribution in [0, 0.1) is 0 Å². The number of guanidine groups is 1. The molecule has 0 aliphatic heterocycles. The first kappa shape index (κ1) is 14.2. The lowest BCUT2D eigenvalue weighted by molar-refractivity contribution is -0.138. The number of hydrogen-bond donors (Lipinski definition) is 4. The standard InChI is InChI=1S/C11H16N4O2S/c1-2-5-14-11(13)15-9-4-3-7(18-9)6-8(12)10(16)17/h2-4,8H,1,5-6,12H2,(H,16,17)(H3,13,14,15). The monoisotopic (exact) mass is 268 g/mol. The molecule has 1 rings (SSSR count). The van der Waals surface area contributed by atoms with Gasteiger partial charge < -0.3 is 21.9 Å². The molecule has 0 saturated carbocycles. The van der Waals surface area contributed by atoms with Gasteiger partial charge in [-0.1, -0.05) is 6.08 Å². The molecule has 0 aliphatic carbocycles. The van der Waals surface area contributed by atoms with E-state index in [2.05, 4.69) is 16.9 Å². The highest BCUT2D eigenvalue weighted by Crippen LogP contribution is 2.22. The maximum absolute atomic E-state index is 10.6.